The predicted octanol–water partition coefficient (Wildman–Crippen LogP) is 0.118. The molecule has 0 bridgehead atoms. The minimum Gasteiger partial charge on any atom is -0.501 e. The number of aromatic hydroxyl groups is 1. The molecule has 14 heteroatoms. The number of benzene rings is 1. The monoisotopic (exact) mass is 333 g/mol. The lowest BCUT2D eigenvalue weighted by atomic mass is 10.3. The van der Waals surface area contributed by atoms with E-state index in [1.165, 1.54) is 0 Å². The minimum atomic E-state index is -5.10. The van der Waals surface area contributed by atoms with Gasteiger partial charge in [-0.05, 0) is 6.07 Å². The molecule has 0 saturated carbocycles. The van der Waals surface area contributed by atoms with Crippen molar-refractivity contribution >= 4 is 25.9 Å². The third-order valence-corrected chi connectivity index (χ3v) is 3.50. The van der Waals surface area contributed by atoms with Crippen LogP contribution in [0.2, 0.25) is 0 Å². The molecule has 0 aliphatic heterocycles. The largest absolute Gasteiger partial charge is 0.501 e. The fourth-order valence-corrected chi connectivity index (χ4v) is 2.28. The first-order valence-electron chi connectivity index (χ1n) is 3.91. The highest BCUT2D eigenvalue weighted by molar-refractivity contribution is 7.86. The Morgan fingerprint density at radius 2 is 1.45 bits per heavy atom. The van der Waals surface area contributed by atoms with Crippen LogP contribution in [0.4, 0.5) is 5.69 Å². The summed E-state index contributed by atoms with van der Waals surface area (Å²) in [5, 5.41) is 19.7. The van der Waals surface area contributed by atoms with E-state index in [4.69, 9.17) is 9.11 Å². The zero-order valence-electron chi connectivity index (χ0n) is 9.62. The Kier molecular flexibility index (Phi) is 6.22. The second-order valence-electron chi connectivity index (χ2n) is 3.00. The van der Waals surface area contributed by atoms with Crippen molar-refractivity contribution in [3.8, 4) is 5.75 Å². The Bertz CT molecular complexity index is 724. The molecule has 0 saturated heterocycles. The summed E-state index contributed by atoms with van der Waals surface area (Å²) >= 11 is 0. The van der Waals surface area contributed by atoms with Gasteiger partial charge in [-0.3, -0.25) is 19.2 Å². The predicted molar refractivity (Wildman–Crippen MR) is 64.4 cm³/mol. The Hall–Kier alpha value is -1.84. The van der Waals surface area contributed by atoms with Crippen molar-refractivity contribution in [2.45, 2.75) is 9.79 Å². The highest BCUT2D eigenvalue weighted by Gasteiger charge is 2.29. The van der Waals surface area contributed by atoms with Gasteiger partial charge in [0.2, 0.25) is 5.75 Å². The first kappa shape index (κ1) is 20.5. The number of nitro groups is 1. The van der Waals surface area contributed by atoms with Crippen molar-refractivity contribution in [2.75, 3.05) is 0 Å². The molecule has 0 fully saturated rings. The van der Waals surface area contributed by atoms with Gasteiger partial charge in [-0.25, -0.2) is 0 Å². The number of nitrogens with zero attached hydrogens (tertiary/aromatic N) is 1. The molecule has 0 spiro atoms. The lowest BCUT2D eigenvalue weighted by Gasteiger charge is -2.04. The molecule has 12 nitrogen and oxygen atoms in total. The average Bonchev–Trinajstić information content (AvgIpc) is 2.13. The number of hydrogen-bond acceptors (Lipinski definition) is 9. The van der Waals surface area contributed by atoms with E-state index in [0.717, 1.165) is 0 Å². The number of nitro benzene ring substituents is 1. The SMILES string of the molecule is N.N.O=[N+]([O-])c1cc(S(=O)(=O)O)cc(S(=O)(=O)O)c1O. The van der Waals surface area contributed by atoms with Crippen LogP contribution >= 0.6 is 0 Å². The zero-order chi connectivity index (χ0) is 14.3. The van der Waals surface area contributed by atoms with E-state index in [2.05, 4.69) is 0 Å². The Labute approximate surface area is 112 Å². The molecule has 1 aromatic carbocycles. The molecule has 20 heavy (non-hydrogen) atoms. The fourth-order valence-electron chi connectivity index (χ4n) is 1.05. The number of phenols is 1. The van der Waals surface area contributed by atoms with Crippen LogP contribution < -0.4 is 12.3 Å². The molecular weight excluding hydrogens is 322 g/mol. The van der Waals surface area contributed by atoms with Crippen molar-refractivity contribution in [3.05, 3.63) is 22.2 Å². The zero-order valence-corrected chi connectivity index (χ0v) is 11.3. The first-order valence-corrected chi connectivity index (χ1v) is 6.79. The molecule has 116 valence electrons. The van der Waals surface area contributed by atoms with Gasteiger partial charge in [0.15, 0.2) is 0 Å². The number of hydrogen-bond donors (Lipinski definition) is 5. The lowest BCUT2D eigenvalue weighted by Crippen LogP contribution is -2.05. The van der Waals surface area contributed by atoms with Gasteiger partial charge in [0.1, 0.15) is 9.79 Å². The van der Waals surface area contributed by atoms with Gasteiger partial charge < -0.3 is 17.4 Å². The van der Waals surface area contributed by atoms with Crippen LogP contribution in [0, 0.1) is 10.1 Å². The summed E-state index contributed by atoms with van der Waals surface area (Å²) in [5.74, 6) is -1.44. The highest BCUT2D eigenvalue weighted by atomic mass is 32.2. The second-order valence-corrected chi connectivity index (χ2v) is 5.81. The maximum absolute atomic E-state index is 10.8. The molecule has 1 aromatic rings. The van der Waals surface area contributed by atoms with E-state index in [1.54, 1.807) is 0 Å². The minimum absolute atomic E-state index is 0. The van der Waals surface area contributed by atoms with Crippen LogP contribution in [0.5, 0.6) is 5.75 Å². The van der Waals surface area contributed by atoms with Crippen LogP contribution in [0.15, 0.2) is 21.9 Å². The Morgan fingerprint density at radius 1 is 1.00 bits per heavy atom. The van der Waals surface area contributed by atoms with Gasteiger partial charge in [0, 0.05) is 6.07 Å². The molecule has 0 radical (unpaired) electrons. The Morgan fingerprint density at radius 3 is 1.75 bits per heavy atom. The van der Waals surface area contributed by atoms with Crippen LogP contribution in [0.3, 0.4) is 0 Å². The van der Waals surface area contributed by atoms with Crippen molar-refractivity contribution < 1.29 is 36.0 Å². The third-order valence-electron chi connectivity index (χ3n) is 1.80. The maximum Gasteiger partial charge on any atom is 0.313 e. The normalized spacial score (nSPS) is 11.1. The molecule has 0 aliphatic rings. The molecule has 0 amide bonds. The topological polar surface area (TPSA) is 242 Å². The molecule has 9 N–H and O–H groups in total. The van der Waals surface area contributed by atoms with Crippen molar-refractivity contribution in [1.29, 1.82) is 0 Å². The first-order chi connectivity index (χ1) is 7.94. The number of phenolic OH excluding ortho intramolecular Hbond substituents is 1. The maximum atomic E-state index is 10.8. The molecular formula is C6H11N3O9S2. The van der Waals surface area contributed by atoms with Crippen LogP contribution in [-0.2, 0) is 20.2 Å². The number of rotatable bonds is 3. The van der Waals surface area contributed by atoms with Gasteiger partial charge in [0.05, 0.1) is 4.92 Å². The van der Waals surface area contributed by atoms with E-state index >= 15 is 0 Å². The summed E-state index contributed by atoms with van der Waals surface area (Å²) in [5.41, 5.74) is -1.29. The smallest absolute Gasteiger partial charge is 0.313 e. The van der Waals surface area contributed by atoms with Gasteiger partial charge in [-0.2, -0.15) is 16.8 Å². The summed E-state index contributed by atoms with van der Waals surface area (Å²) in [6.07, 6.45) is 0. The van der Waals surface area contributed by atoms with Crippen molar-refractivity contribution in [2.24, 2.45) is 0 Å². The van der Waals surface area contributed by atoms with Gasteiger partial charge >= 0.3 is 5.69 Å². The molecule has 0 unspecified atom stereocenters. The average molecular weight is 333 g/mol. The van der Waals surface area contributed by atoms with E-state index in [1.807, 2.05) is 0 Å². The van der Waals surface area contributed by atoms with Crippen LogP contribution in [0.25, 0.3) is 0 Å². The summed E-state index contributed by atoms with van der Waals surface area (Å²) in [7, 11) is -10.1. The fraction of sp³-hybridized carbons (Fsp3) is 0. The third kappa shape index (κ3) is 4.08. The molecule has 0 aliphatic carbocycles. The van der Waals surface area contributed by atoms with Crippen LogP contribution in [-0.4, -0.2) is 36.0 Å². The summed E-state index contributed by atoms with van der Waals surface area (Å²) in [4.78, 5) is 6.64. The van der Waals surface area contributed by atoms with E-state index in [-0.39, 0.29) is 24.4 Å². The standard InChI is InChI=1S/C6H5NO9S2.2H3N/c8-6-4(7(9)10)1-3(17(11,12)13)2-5(6)18(14,15)16;;/h1-2,8H,(H,11,12,13)(H,14,15,16);2*1H3. The molecule has 0 aromatic heterocycles. The lowest BCUT2D eigenvalue weighted by molar-refractivity contribution is -0.386. The summed E-state index contributed by atoms with van der Waals surface area (Å²) in [6.45, 7) is 0. The molecule has 0 atom stereocenters. The van der Waals surface area contributed by atoms with E-state index < -0.39 is 46.4 Å². The summed E-state index contributed by atoms with van der Waals surface area (Å²) in [6, 6.07) is 0.437. The van der Waals surface area contributed by atoms with Crippen LogP contribution in [0.1, 0.15) is 0 Å². The van der Waals surface area contributed by atoms with Crippen molar-refractivity contribution in [1.82, 2.24) is 12.3 Å². The van der Waals surface area contributed by atoms with Gasteiger partial charge in [-0.1, -0.05) is 0 Å². The summed E-state index contributed by atoms with van der Waals surface area (Å²) < 4.78 is 60.5. The van der Waals surface area contributed by atoms with Gasteiger partial charge in [0.25, 0.3) is 20.2 Å². The molecule has 1 rings (SSSR count). The second kappa shape index (κ2) is 6.07. The highest BCUT2D eigenvalue weighted by Crippen LogP contribution is 2.35. The Balaban J connectivity index is 0. The quantitative estimate of drug-likeness (QED) is 0.282. The van der Waals surface area contributed by atoms with E-state index in [0.29, 0.717) is 0 Å². The molecule has 0 heterocycles. The van der Waals surface area contributed by atoms with E-state index in [9.17, 15) is 32.1 Å². The van der Waals surface area contributed by atoms with Gasteiger partial charge in [-0.15, -0.1) is 0 Å². The van der Waals surface area contributed by atoms with Crippen molar-refractivity contribution in [3.63, 3.8) is 0 Å².